The zero-order valence-electron chi connectivity index (χ0n) is 16.9. The first-order valence-corrected chi connectivity index (χ1v) is 9.70. The summed E-state index contributed by atoms with van der Waals surface area (Å²) in [4.78, 5) is 17.4. The molecule has 0 aliphatic rings. The zero-order chi connectivity index (χ0) is 20.4. The van der Waals surface area contributed by atoms with Gasteiger partial charge in [-0.3, -0.25) is 4.79 Å². The maximum atomic E-state index is 13.0. The number of hydrogen-bond acceptors (Lipinski definition) is 3. The highest BCUT2D eigenvalue weighted by atomic mass is 16.1. The van der Waals surface area contributed by atoms with Gasteiger partial charge in [-0.15, -0.1) is 0 Å². The Hall–Kier alpha value is -3.47. The summed E-state index contributed by atoms with van der Waals surface area (Å²) in [5, 5.41) is 7.56. The van der Waals surface area contributed by atoms with Crippen molar-refractivity contribution in [3.8, 4) is 0 Å². The number of amides is 1. The fourth-order valence-corrected chi connectivity index (χ4v) is 3.72. The van der Waals surface area contributed by atoms with Gasteiger partial charge in [0.2, 0.25) is 0 Å². The molecule has 4 rings (SSSR count). The molecule has 5 heteroatoms. The number of carbonyl (C=O) groups excluding carboxylic acids is 1. The van der Waals surface area contributed by atoms with Crippen LogP contribution >= 0.6 is 0 Å². The second-order valence-electron chi connectivity index (χ2n) is 7.56. The first kappa shape index (κ1) is 18.9. The highest BCUT2D eigenvalue weighted by molar-refractivity contribution is 5.95. The standard InChI is InChI=1S/C24H24N4O/c1-17-14-22-25-15-21(18(2)28(22)27-17)23(29)26-16-24(3,19-10-6-4-7-11-19)20-12-8-5-9-13-20/h4-15H,16H2,1-3H3,(H,26,29). The van der Waals surface area contributed by atoms with Crippen LogP contribution in [0.3, 0.4) is 0 Å². The lowest BCUT2D eigenvalue weighted by Crippen LogP contribution is -2.40. The van der Waals surface area contributed by atoms with Gasteiger partial charge in [0.05, 0.1) is 17.0 Å². The van der Waals surface area contributed by atoms with Crippen LogP contribution < -0.4 is 5.32 Å². The maximum absolute atomic E-state index is 13.0. The van der Waals surface area contributed by atoms with Crippen molar-refractivity contribution in [2.24, 2.45) is 0 Å². The minimum atomic E-state index is -0.355. The SMILES string of the molecule is Cc1cc2ncc(C(=O)NCC(C)(c3ccccc3)c3ccccc3)c(C)n2n1. The molecule has 5 nitrogen and oxygen atoms in total. The summed E-state index contributed by atoms with van der Waals surface area (Å²) in [6.07, 6.45) is 1.63. The Kier molecular flexibility index (Phi) is 4.89. The summed E-state index contributed by atoms with van der Waals surface area (Å²) in [7, 11) is 0. The molecule has 2 heterocycles. The quantitative estimate of drug-likeness (QED) is 0.564. The monoisotopic (exact) mass is 384 g/mol. The van der Waals surface area contributed by atoms with E-state index in [0.29, 0.717) is 12.1 Å². The van der Waals surface area contributed by atoms with Gasteiger partial charge >= 0.3 is 0 Å². The number of rotatable bonds is 5. The number of nitrogens with one attached hydrogen (secondary N) is 1. The Labute approximate surface area is 170 Å². The third kappa shape index (κ3) is 3.51. The van der Waals surface area contributed by atoms with E-state index in [4.69, 9.17) is 0 Å². The van der Waals surface area contributed by atoms with Crippen molar-refractivity contribution in [2.45, 2.75) is 26.2 Å². The molecule has 0 aliphatic carbocycles. The minimum Gasteiger partial charge on any atom is -0.351 e. The summed E-state index contributed by atoms with van der Waals surface area (Å²) in [5.41, 5.74) is 4.88. The average Bonchev–Trinajstić information content (AvgIpc) is 3.14. The van der Waals surface area contributed by atoms with E-state index >= 15 is 0 Å². The van der Waals surface area contributed by atoms with E-state index in [1.807, 2.05) is 56.3 Å². The van der Waals surface area contributed by atoms with E-state index in [9.17, 15) is 4.79 Å². The Balaban J connectivity index is 1.64. The van der Waals surface area contributed by atoms with E-state index in [-0.39, 0.29) is 11.3 Å². The van der Waals surface area contributed by atoms with E-state index in [1.165, 1.54) is 0 Å². The van der Waals surface area contributed by atoms with Crippen LogP contribution in [0.15, 0.2) is 72.9 Å². The van der Waals surface area contributed by atoms with Crippen molar-refractivity contribution in [3.63, 3.8) is 0 Å². The van der Waals surface area contributed by atoms with Crippen LogP contribution in [0.25, 0.3) is 5.65 Å². The molecule has 0 bridgehead atoms. The molecule has 2 aromatic carbocycles. The van der Waals surface area contributed by atoms with Crippen LogP contribution in [0.5, 0.6) is 0 Å². The van der Waals surface area contributed by atoms with Gasteiger partial charge in [-0.25, -0.2) is 9.50 Å². The number of benzene rings is 2. The normalized spacial score (nSPS) is 11.6. The number of carbonyl (C=O) groups is 1. The Bertz CT molecular complexity index is 1110. The molecule has 0 unspecified atom stereocenters. The van der Waals surface area contributed by atoms with Crippen molar-refractivity contribution in [1.82, 2.24) is 19.9 Å². The van der Waals surface area contributed by atoms with E-state index in [1.54, 1.807) is 10.7 Å². The third-order valence-corrected chi connectivity index (χ3v) is 5.52. The van der Waals surface area contributed by atoms with Crippen LogP contribution in [-0.2, 0) is 5.41 Å². The molecule has 1 amide bonds. The zero-order valence-corrected chi connectivity index (χ0v) is 16.9. The van der Waals surface area contributed by atoms with E-state index < -0.39 is 0 Å². The van der Waals surface area contributed by atoms with Gasteiger partial charge in [-0.1, -0.05) is 60.7 Å². The van der Waals surface area contributed by atoms with Crippen LogP contribution in [0.1, 0.15) is 39.8 Å². The van der Waals surface area contributed by atoms with Crippen molar-refractivity contribution in [2.75, 3.05) is 6.54 Å². The lowest BCUT2D eigenvalue weighted by molar-refractivity contribution is 0.0945. The second kappa shape index (κ2) is 7.51. The summed E-state index contributed by atoms with van der Waals surface area (Å²) in [6, 6.07) is 22.4. The molecular weight excluding hydrogens is 360 g/mol. The molecule has 0 saturated carbocycles. The molecule has 0 aliphatic heterocycles. The van der Waals surface area contributed by atoms with Crippen molar-refractivity contribution in [1.29, 1.82) is 0 Å². The minimum absolute atomic E-state index is 0.150. The number of aromatic nitrogens is 3. The Morgan fingerprint density at radius 3 is 2.17 bits per heavy atom. The summed E-state index contributed by atoms with van der Waals surface area (Å²) in [5.74, 6) is -0.150. The fraction of sp³-hybridized carbons (Fsp3) is 0.208. The van der Waals surface area contributed by atoms with Crippen LogP contribution in [0, 0.1) is 13.8 Å². The maximum Gasteiger partial charge on any atom is 0.254 e. The predicted molar refractivity (Wildman–Crippen MR) is 114 cm³/mol. The molecule has 0 atom stereocenters. The highest BCUT2D eigenvalue weighted by Gasteiger charge is 2.29. The molecule has 1 N–H and O–H groups in total. The molecule has 4 aromatic rings. The molecule has 0 spiro atoms. The summed E-state index contributed by atoms with van der Waals surface area (Å²) >= 11 is 0. The van der Waals surface area contributed by atoms with Gasteiger partial charge in [0.15, 0.2) is 5.65 Å². The average molecular weight is 384 g/mol. The molecule has 0 saturated heterocycles. The van der Waals surface area contributed by atoms with E-state index in [2.05, 4.69) is 46.6 Å². The van der Waals surface area contributed by atoms with Gasteiger partial charge in [-0.2, -0.15) is 5.10 Å². The van der Waals surface area contributed by atoms with E-state index in [0.717, 1.165) is 28.2 Å². The van der Waals surface area contributed by atoms with Gasteiger partial charge in [0, 0.05) is 24.2 Å². The van der Waals surface area contributed by atoms with Gasteiger partial charge in [0.1, 0.15) is 0 Å². The molecule has 2 aromatic heterocycles. The first-order chi connectivity index (χ1) is 14.0. The van der Waals surface area contributed by atoms with Gasteiger partial charge in [-0.05, 0) is 31.9 Å². The lowest BCUT2D eigenvalue weighted by atomic mass is 9.76. The Morgan fingerprint density at radius 2 is 1.59 bits per heavy atom. The largest absolute Gasteiger partial charge is 0.351 e. The van der Waals surface area contributed by atoms with Gasteiger partial charge in [0.25, 0.3) is 5.91 Å². The van der Waals surface area contributed by atoms with Crippen molar-refractivity contribution < 1.29 is 4.79 Å². The molecule has 29 heavy (non-hydrogen) atoms. The molecule has 0 fully saturated rings. The van der Waals surface area contributed by atoms with Crippen molar-refractivity contribution >= 4 is 11.6 Å². The van der Waals surface area contributed by atoms with Crippen LogP contribution in [-0.4, -0.2) is 27.0 Å². The summed E-state index contributed by atoms with van der Waals surface area (Å²) in [6.45, 7) is 6.43. The summed E-state index contributed by atoms with van der Waals surface area (Å²) < 4.78 is 1.72. The fourth-order valence-electron chi connectivity index (χ4n) is 3.72. The van der Waals surface area contributed by atoms with Crippen LogP contribution in [0.4, 0.5) is 0 Å². The lowest BCUT2D eigenvalue weighted by Gasteiger charge is -2.31. The highest BCUT2D eigenvalue weighted by Crippen LogP contribution is 2.31. The predicted octanol–water partition coefficient (Wildman–Crippen LogP) is 4.08. The Morgan fingerprint density at radius 1 is 1.00 bits per heavy atom. The smallest absolute Gasteiger partial charge is 0.254 e. The molecule has 0 radical (unpaired) electrons. The van der Waals surface area contributed by atoms with Gasteiger partial charge < -0.3 is 5.32 Å². The second-order valence-corrected chi connectivity index (χ2v) is 7.56. The molecule has 146 valence electrons. The number of fused-ring (bicyclic) bond motifs is 1. The first-order valence-electron chi connectivity index (χ1n) is 9.70. The number of hydrogen-bond donors (Lipinski definition) is 1. The topological polar surface area (TPSA) is 59.3 Å². The van der Waals surface area contributed by atoms with Crippen molar-refractivity contribution in [3.05, 3.63) is 101 Å². The van der Waals surface area contributed by atoms with Crippen LogP contribution in [0.2, 0.25) is 0 Å². The third-order valence-electron chi connectivity index (χ3n) is 5.52. The number of aryl methyl sites for hydroxylation is 2. The molecular formula is C24H24N4O. The number of nitrogens with zero attached hydrogens (tertiary/aromatic N) is 3.